The van der Waals surface area contributed by atoms with E-state index in [-0.39, 0.29) is 19.6 Å². The monoisotopic (exact) mass is 395 g/mol. The summed E-state index contributed by atoms with van der Waals surface area (Å²) in [5, 5.41) is 0. The molecule has 0 atom stereocenters. The molecule has 0 aliphatic rings. The number of aromatic nitrogens is 3. The van der Waals surface area contributed by atoms with Crippen LogP contribution in [0.15, 0.2) is 63.0 Å². The van der Waals surface area contributed by atoms with Crippen molar-refractivity contribution in [1.29, 1.82) is 0 Å². The first-order chi connectivity index (χ1) is 12.9. The molecule has 0 bridgehead atoms. The zero-order valence-corrected chi connectivity index (χ0v) is 15.5. The first-order valence-corrected chi connectivity index (χ1v) is 8.31. The van der Waals surface area contributed by atoms with E-state index in [0.717, 1.165) is 25.8 Å². The molecule has 0 radical (unpaired) electrons. The number of benzene rings is 1. The van der Waals surface area contributed by atoms with Gasteiger partial charge in [0.2, 0.25) is 0 Å². The third-order valence-electron chi connectivity index (χ3n) is 3.86. The van der Waals surface area contributed by atoms with Crippen LogP contribution >= 0.6 is 0 Å². The molecule has 6 nitrogen and oxygen atoms in total. The van der Waals surface area contributed by atoms with E-state index in [1.807, 2.05) is 0 Å². The molecule has 2 rings (SSSR count). The molecule has 1 heterocycles. The lowest BCUT2D eigenvalue weighted by Crippen LogP contribution is -2.54. The summed E-state index contributed by atoms with van der Waals surface area (Å²) in [6.07, 6.45) is -4.49. The first kappa shape index (κ1) is 21.2. The molecule has 9 heteroatoms. The maximum Gasteiger partial charge on any atom is 0.416 e. The lowest BCUT2D eigenvalue weighted by atomic mass is 10.1. The van der Waals surface area contributed by atoms with Gasteiger partial charge in [-0.2, -0.15) is 13.2 Å². The Morgan fingerprint density at radius 2 is 1.21 bits per heavy atom. The van der Waals surface area contributed by atoms with E-state index in [4.69, 9.17) is 0 Å². The Morgan fingerprint density at radius 1 is 0.821 bits per heavy atom. The van der Waals surface area contributed by atoms with Crippen molar-refractivity contribution in [3.8, 4) is 0 Å². The minimum atomic E-state index is -4.49. The van der Waals surface area contributed by atoms with Crippen molar-refractivity contribution in [3.05, 3.63) is 91.1 Å². The maximum absolute atomic E-state index is 12.7. The van der Waals surface area contributed by atoms with Crippen LogP contribution in [0, 0.1) is 0 Å². The average molecular weight is 395 g/mol. The molecular weight excluding hydrogens is 375 g/mol. The molecule has 150 valence electrons. The highest BCUT2D eigenvalue weighted by Gasteiger charge is 2.30. The third kappa shape index (κ3) is 4.59. The summed E-state index contributed by atoms with van der Waals surface area (Å²) in [6.45, 7) is 10.2. The van der Waals surface area contributed by atoms with Crippen molar-refractivity contribution in [2.24, 2.45) is 0 Å². The molecule has 0 N–H and O–H groups in total. The van der Waals surface area contributed by atoms with Crippen LogP contribution in [0.25, 0.3) is 0 Å². The number of nitrogens with zero attached hydrogens (tertiary/aromatic N) is 3. The van der Waals surface area contributed by atoms with Gasteiger partial charge in [0.05, 0.1) is 25.2 Å². The lowest BCUT2D eigenvalue weighted by Gasteiger charge is -2.14. The first-order valence-electron chi connectivity index (χ1n) is 8.31. The Hall–Kier alpha value is -3.10. The van der Waals surface area contributed by atoms with Crippen molar-refractivity contribution in [2.45, 2.75) is 39.7 Å². The van der Waals surface area contributed by atoms with Gasteiger partial charge in [-0.25, -0.2) is 28.1 Å². The molecule has 0 spiro atoms. The van der Waals surface area contributed by atoms with E-state index in [0.29, 0.717) is 16.7 Å². The van der Waals surface area contributed by atoms with Crippen LogP contribution in [0.1, 0.15) is 25.0 Å². The summed E-state index contributed by atoms with van der Waals surface area (Å²) >= 11 is 0. The SMILES string of the molecule is C=C(C)Cn1c(=O)n(CC(=C)C)c(=O)n(Cc2ccc(C(F)(F)F)cc2)c1=O. The second-order valence-electron chi connectivity index (χ2n) is 6.72. The second kappa shape index (κ2) is 7.87. The summed E-state index contributed by atoms with van der Waals surface area (Å²) in [6, 6.07) is 4.12. The van der Waals surface area contributed by atoms with Crippen molar-refractivity contribution in [1.82, 2.24) is 13.7 Å². The van der Waals surface area contributed by atoms with Crippen molar-refractivity contribution in [3.63, 3.8) is 0 Å². The molecule has 0 saturated carbocycles. The van der Waals surface area contributed by atoms with E-state index < -0.39 is 28.8 Å². The Morgan fingerprint density at radius 3 is 1.57 bits per heavy atom. The normalized spacial score (nSPS) is 11.5. The Balaban J connectivity index is 2.61. The van der Waals surface area contributed by atoms with Gasteiger partial charge in [-0.1, -0.05) is 36.4 Å². The lowest BCUT2D eigenvalue weighted by molar-refractivity contribution is -0.137. The van der Waals surface area contributed by atoms with Gasteiger partial charge in [0.15, 0.2) is 0 Å². The minimum Gasteiger partial charge on any atom is -0.247 e. The van der Waals surface area contributed by atoms with Gasteiger partial charge in [-0.05, 0) is 31.5 Å². The quantitative estimate of drug-likeness (QED) is 0.706. The van der Waals surface area contributed by atoms with Crippen LogP contribution in [-0.4, -0.2) is 13.7 Å². The molecule has 28 heavy (non-hydrogen) atoms. The van der Waals surface area contributed by atoms with E-state index in [2.05, 4.69) is 13.2 Å². The summed E-state index contributed by atoms with van der Waals surface area (Å²) in [4.78, 5) is 37.9. The van der Waals surface area contributed by atoms with Gasteiger partial charge >= 0.3 is 23.2 Å². The summed E-state index contributed by atoms with van der Waals surface area (Å²) < 4.78 is 40.7. The predicted octanol–water partition coefficient (Wildman–Crippen LogP) is 2.39. The van der Waals surface area contributed by atoms with Gasteiger partial charge in [-0.3, -0.25) is 0 Å². The van der Waals surface area contributed by atoms with Gasteiger partial charge in [-0.15, -0.1) is 0 Å². The van der Waals surface area contributed by atoms with Gasteiger partial charge in [0.1, 0.15) is 0 Å². The highest BCUT2D eigenvalue weighted by atomic mass is 19.4. The Labute approximate surface area is 158 Å². The van der Waals surface area contributed by atoms with Crippen LogP contribution < -0.4 is 17.1 Å². The summed E-state index contributed by atoms with van der Waals surface area (Å²) in [7, 11) is 0. The van der Waals surface area contributed by atoms with Crippen molar-refractivity contribution in [2.75, 3.05) is 0 Å². The number of alkyl halides is 3. The fraction of sp³-hybridized carbons (Fsp3) is 0.316. The predicted molar refractivity (Wildman–Crippen MR) is 99.4 cm³/mol. The van der Waals surface area contributed by atoms with Crippen molar-refractivity contribution >= 4 is 0 Å². The Bertz CT molecular complexity index is 1030. The highest BCUT2D eigenvalue weighted by Crippen LogP contribution is 2.29. The molecule has 0 unspecified atom stereocenters. The van der Waals surface area contributed by atoms with E-state index in [1.54, 1.807) is 13.8 Å². The van der Waals surface area contributed by atoms with Gasteiger partial charge in [0, 0.05) is 0 Å². The number of allylic oxidation sites excluding steroid dienone is 2. The van der Waals surface area contributed by atoms with E-state index in [9.17, 15) is 27.6 Å². The van der Waals surface area contributed by atoms with Crippen LogP contribution in [-0.2, 0) is 25.8 Å². The third-order valence-corrected chi connectivity index (χ3v) is 3.86. The molecule has 0 aliphatic carbocycles. The number of hydrogen-bond acceptors (Lipinski definition) is 3. The molecule has 0 aliphatic heterocycles. The Kier molecular flexibility index (Phi) is 5.96. The smallest absolute Gasteiger partial charge is 0.247 e. The van der Waals surface area contributed by atoms with E-state index >= 15 is 0 Å². The molecule has 1 aromatic carbocycles. The van der Waals surface area contributed by atoms with Gasteiger partial charge < -0.3 is 0 Å². The number of rotatable bonds is 6. The molecule has 1 aromatic heterocycles. The fourth-order valence-corrected chi connectivity index (χ4v) is 2.61. The average Bonchev–Trinajstić information content (AvgIpc) is 2.59. The van der Waals surface area contributed by atoms with Crippen LogP contribution in [0.4, 0.5) is 13.2 Å². The number of halogens is 3. The van der Waals surface area contributed by atoms with Crippen LogP contribution in [0.5, 0.6) is 0 Å². The highest BCUT2D eigenvalue weighted by molar-refractivity contribution is 5.24. The van der Waals surface area contributed by atoms with Gasteiger partial charge in [0.25, 0.3) is 0 Å². The van der Waals surface area contributed by atoms with Crippen LogP contribution in [0.3, 0.4) is 0 Å². The molecule has 0 saturated heterocycles. The second-order valence-corrected chi connectivity index (χ2v) is 6.72. The molecule has 0 fully saturated rings. The standard InChI is InChI=1S/C19H20F3N3O3/c1-12(2)9-23-16(26)24(10-13(3)4)18(28)25(17(23)27)11-14-5-7-15(8-6-14)19(20,21)22/h5-8H,1,3,9-11H2,2,4H3. The topological polar surface area (TPSA) is 66.0 Å². The van der Waals surface area contributed by atoms with Crippen LogP contribution in [0.2, 0.25) is 0 Å². The summed E-state index contributed by atoms with van der Waals surface area (Å²) in [5.41, 5.74) is -1.96. The minimum absolute atomic E-state index is 0.0822. The van der Waals surface area contributed by atoms with E-state index in [1.165, 1.54) is 12.1 Å². The zero-order valence-electron chi connectivity index (χ0n) is 15.5. The zero-order chi connectivity index (χ0) is 21.2. The number of hydrogen-bond donors (Lipinski definition) is 0. The fourth-order valence-electron chi connectivity index (χ4n) is 2.61. The summed E-state index contributed by atoms with van der Waals surface area (Å²) in [5.74, 6) is 0. The maximum atomic E-state index is 12.7. The molecular formula is C19H20F3N3O3. The molecule has 2 aromatic rings. The molecule has 0 amide bonds. The largest absolute Gasteiger partial charge is 0.416 e. The van der Waals surface area contributed by atoms with Crippen molar-refractivity contribution < 1.29 is 13.2 Å².